The lowest BCUT2D eigenvalue weighted by atomic mass is 9.85. The normalized spacial score (nSPS) is 18.6. The van der Waals surface area contributed by atoms with E-state index in [1.54, 1.807) is 34.4 Å². The smallest absolute Gasteiger partial charge is 0.264 e. The van der Waals surface area contributed by atoms with Crippen LogP contribution in [0.25, 0.3) is 10.4 Å². The number of carbonyl (C=O) groups is 4. The number of carbonyl (C=O) groups excluding carboxylic acids is 4. The van der Waals surface area contributed by atoms with E-state index in [4.69, 9.17) is 31.1 Å². The fraction of sp³-hybridized carbons (Fsp3) is 0.458. The van der Waals surface area contributed by atoms with Crippen molar-refractivity contribution in [1.29, 1.82) is 5.26 Å². The van der Waals surface area contributed by atoms with Crippen molar-refractivity contribution in [2.45, 2.75) is 85.3 Å². The molecule has 346 valence electrons. The summed E-state index contributed by atoms with van der Waals surface area (Å²) in [6, 6.07) is 20.6. The highest BCUT2D eigenvalue weighted by Gasteiger charge is 2.48. The molecular formula is C48H58ClN7O8S. The van der Waals surface area contributed by atoms with Crippen molar-refractivity contribution in [2.75, 3.05) is 51.4 Å². The molecule has 4 atom stereocenters. The standard InChI is InChI=1S/C48H58ClN7O8S/c1-30-41(65-29-53-30)33-11-7-31(8-12-33)24-52-44(59)39-21-36(57)26-56(39)45(60)42(47(2,3)4)54-40(58)27-63-20-19-62-18-17-51-35-14-9-32(10-15-35)25-55-28-48(5,6)43(46(55)61)64-37-16-13-34(23-50)38(49)22-37/h7-16,22,29,36,39,42-43,51,57H,17-21,24-28H2,1-6H3,(H,52,59)(H,54,58). The van der Waals surface area contributed by atoms with Crippen LogP contribution in [0, 0.1) is 29.1 Å². The Bertz CT molecular complexity index is 2340. The van der Waals surface area contributed by atoms with Crippen LogP contribution in [-0.4, -0.2) is 114 Å². The predicted octanol–water partition coefficient (Wildman–Crippen LogP) is 5.71. The fourth-order valence-corrected chi connectivity index (χ4v) is 8.90. The van der Waals surface area contributed by atoms with Gasteiger partial charge in [-0.1, -0.05) is 82.6 Å². The minimum absolute atomic E-state index is 0.0209. The first-order valence-corrected chi connectivity index (χ1v) is 22.9. The lowest BCUT2D eigenvalue weighted by Gasteiger charge is -2.35. The number of nitrogens with one attached hydrogen (secondary N) is 3. The van der Waals surface area contributed by atoms with Crippen molar-refractivity contribution in [3.8, 4) is 22.3 Å². The second kappa shape index (κ2) is 21.6. The van der Waals surface area contributed by atoms with E-state index in [-0.39, 0.29) is 56.2 Å². The van der Waals surface area contributed by atoms with E-state index in [1.165, 1.54) is 4.90 Å². The SMILES string of the molecule is Cc1ncsc1-c1ccc(CNC(=O)C2CC(O)CN2C(=O)C(NC(=O)COCCOCCNc2ccc(CN3CC(C)(C)C(Oc4ccc(C#N)c(Cl)c4)C3=O)cc2)C(C)(C)C)cc1. The van der Waals surface area contributed by atoms with Gasteiger partial charge in [0.15, 0.2) is 6.10 Å². The number of aliphatic hydroxyl groups is 1. The molecule has 0 bridgehead atoms. The second-order valence-electron chi connectivity index (χ2n) is 18.2. The molecule has 4 amide bonds. The largest absolute Gasteiger partial charge is 0.480 e. The van der Waals surface area contributed by atoms with E-state index in [0.717, 1.165) is 32.9 Å². The Hall–Kier alpha value is -5.57. The van der Waals surface area contributed by atoms with E-state index in [0.29, 0.717) is 37.6 Å². The predicted molar refractivity (Wildman–Crippen MR) is 248 cm³/mol. The number of aromatic nitrogens is 1. The van der Waals surface area contributed by atoms with Crippen molar-refractivity contribution in [1.82, 2.24) is 25.4 Å². The third-order valence-corrected chi connectivity index (χ3v) is 12.7. The van der Waals surface area contributed by atoms with E-state index in [1.807, 2.05) is 102 Å². The number of likely N-dealkylation sites (tertiary alicyclic amines) is 2. The van der Waals surface area contributed by atoms with Gasteiger partial charge >= 0.3 is 0 Å². The molecule has 4 N–H and O–H groups in total. The molecule has 2 aliphatic heterocycles. The van der Waals surface area contributed by atoms with Gasteiger partial charge in [-0.3, -0.25) is 19.2 Å². The van der Waals surface area contributed by atoms with Gasteiger partial charge in [0.05, 0.1) is 52.6 Å². The quantitative estimate of drug-likeness (QED) is 0.0842. The number of halogens is 1. The second-order valence-corrected chi connectivity index (χ2v) is 19.4. The molecule has 1 aromatic heterocycles. The summed E-state index contributed by atoms with van der Waals surface area (Å²) < 4.78 is 17.3. The number of ether oxygens (including phenoxy) is 3. The summed E-state index contributed by atoms with van der Waals surface area (Å²) in [4.78, 5) is 62.3. The summed E-state index contributed by atoms with van der Waals surface area (Å²) in [5, 5.41) is 29.0. The number of nitrogens with zero attached hydrogens (tertiary/aromatic N) is 4. The molecule has 4 unspecified atom stereocenters. The molecule has 2 fully saturated rings. The third-order valence-electron chi connectivity index (χ3n) is 11.4. The summed E-state index contributed by atoms with van der Waals surface area (Å²) in [6.07, 6.45) is -1.48. The van der Waals surface area contributed by atoms with Crippen LogP contribution in [0.4, 0.5) is 5.69 Å². The number of aryl methyl sites for hydroxylation is 1. The van der Waals surface area contributed by atoms with Gasteiger partial charge < -0.3 is 45.1 Å². The van der Waals surface area contributed by atoms with Gasteiger partial charge in [0.25, 0.3) is 5.91 Å². The van der Waals surface area contributed by atoms with Gasteiger partial charge in [0, 0.05) is 56.3 Å². The number of rotatable bonds is 19. The summed E-state index contributed by atoms with van der Waals surface area (Å²) in [5.74, 6) is -0.986. The highest BCUT2D eigenvalue weighted by Crippen LogP contribution is 2.36. The van der Waals surface area contributed by atoms with Crippen LogP contribution in [0.15, 0.2) is 72.2 Å². The van der Waals surface area contributed by atoms with Crippen molar-refractivity contribution >= 4 is 52.3 Å². The average Bonchev–Trinajstić information content (AvgIpc) is 3.94. The lowest BCUT2D eigenvalue weighted by molar-refractivity contribution is -0.144. The topological polar surface area (TPSA) is 195 Å². The summed E-state index contributed by atoms with van der Waals surface area (Å²) in [6.45, 7) is 13.6. The Kier molecular flexibility index (Phi) is 16.3. The number of anilines is 1. The molecule has 3 heterocycles. The highest BCUT2D eigenvalue weighted by molar-refractivity contribution is 7.13. The van der Waals surface area contributed by atoms with Crippen molar-refractivity contribution in [3.63, 3.8) is 0 Å². The molecule has 2 saturated heterocycles. The van der Waals surface area contributed by atoms with Crippen LogP contribution in [0.2, 0.25) is 5.02 Å². The molecule has 0 radical (unpaired) electrons. The van der Waals surface area contributed by atoms with Crippen LogP contribution >= 0.6 is 22.9 Å². The zero-order valence-corrected chi connectivity index (χ0v) is 39.3. The molecule has 2 aliphatic rings. The molecule has 17 heteroatoms. The van der Waals surface area contributed by atoms with Gasteiger partial charge in [-0.05, 0) is 53.3 Å². The van der Waals surface area contributed by atoms with E-state index < -0.39 is 46.9 Å². The molecule has 3 aromatic carbocycles. The van der Waals surface area contributed by atoms with Crippen LogP contribution in [0.3, 0.4) is 0 Å². The number of β-amino-alcohol motifs (C(OH)–C–C–N with tert-alkyl or cyclic N) is 1. The van der Waals surface area contributed by atoms with Crippen LogP contribution in [0.1, 0.15) is 63.4 Å². The molecule has 6 rings (SSSR count). The molecule has 15 nitrogen and oxygen atoms in total. The van der Waals surface area contributed by atoms with Crippen molar-refractivity contribution < 1.29 is 38.5 Å². The fourth-order valence-electron chi connectivity index (χ4n) is 7.88. The van der Waals surface area contributed by atoms with Gasteiger partial charge in [0.2, 0.25) is 17.7 Å². The maximum absolute atomic E-state index is 13.9. The number of hydrogen-bond donors (Lipinski definition) is 4. The number of hydrogen-bond acceptors (Lipinski definition) is 12. The number of amides is 4. The zero-order chi connectivity index (χ0) is 46.9. The summed E-state index contributed by atoms with van der Waals surface area (Å²) >= 11 is 7.75. The minimum atomic E-state index is -0.971. The Morgan fingerprint density at radius 2 is 1.74 bits per heavy atom. The molecule has 4 aromatic rings. The van der Waals surface area contributed by atoms with Crippen LogP contribution < -0.4 is 20.7 Å². The molecule has 65 heavy (non-hydrogen) atoms. The highest BCUT2D eigenvalue weighted by atomic mass is 35.5. The summed E-state index contributed by atoms with van der Waals surface area (Å²) in [5.41, 5.74) is 5.75. The zero-order valence-electron chi connectivity index (χ0n) is 37.7. The average molecular weight is 929 g/mol. The Morgan fingerprint density at radius 1 is 1.03 bits per heavy atom. The molecule has 0 spiro atoms. The maximum atomic E-state index is 13.9. The van der Waals surface area contributed by atoms with Crippen molar-refractivity contribution in [2.24, 2.45) is 10.8 Å². The van der Waals surface area contributed by atoms with E-state index >= 15 is 0 Å². The Morgan fingerprint density at radius 3 is 2.40 bits per heavy atom. The van der Waals surface area contributed by atoms with Crippen molar-refractivity contribution in [3.05, 3.63) is 99.6 Å². The molecule has 0 aliphatic carbocycles. The number of benzene rings is 3. The first-order chi connectivity index (χ1) is 30.9. The number of aliphatic hydroxyl groups excluding tert-OH is 1. The van der Waals surface area contributed by atoms with Gasteiger partial charge in [-0.15, -0.1) is 11.3 Å². The molecule has 0 saturated carbocycles. The van der Waals surface area contributed by atoms with Crippen LogP contribution in [-0.2, 0) is 41.7 Å². The Balaban J connectivity index is 0.876. The van der Waals surface area contributed by atoms with E-state index in [9.17, 15) is 24.3 Å². The van der Waals surface area contributed by atoms with Gasteiger partial charge in [-0.2, -0.15) is 5.26 Å². The maximum Gasteiger partial charge on any atom is 0.264 e. The minimum Gasteiger partial charge on any atom is -0.480 e. The van der Waals surface area contributed by atoms with Gasteiger partial charge in [0.1, 0.15) is 30.5 Å². The summed E-state index contributed by atoms with van der Waals surface area (Å²) in [7, 11) is 0. The Labute approximate surface area is 389 Å². The monoisotopic (exact) mass is 927 g/mol. The van der Waals surface area contributed by atoms with E-state index in [2.05, 4.69) is 20.9 Å². The first-order valence-electron chi connectivity index (χ1n) is 21.6. The lowest BCUT2D eigenvalue weighted by Crippen LogP contribution is -2.58. The number of nitriles is 1. The van der Waals surface area contributed by atoms with Gasteiger partial charge in [-0.25, -0.2) is 4.98 Å². The third kappa shape index (κ3) is 12.8. The number of thiazole rings is 1. The first kappa shape index (κ1) is 48.9. The van der Waals surface area contributed by atoms with Crippen LogP contribution in [0.5, 0.6) is 5.75 Å². The molecular weight excluding hydrogens is 870 g/mol.